The summed E-state index contributed by atoms with van der Waals surface area (Å²) in [5.74, 6) is 2.25. The van der Waals surface area contributed by atoms with Gasteiger partial charge in [0.05, 0.1) is 31.0 Å². The molecule has 4 rings (SSSR count). The smallest absolute Gasteiger partial charge is 0.319 e. The maximum absolute atomic E-state index is 6.32. The second-order valence-electron chi connectivity index (χ2n) is 7.40. The van der Waals surface area contributed by atoms with Crippen LogP contribution in [0.25, 0.3) is 0 Å². The molecule has 0 saturated heterocycles. The Bertz CT molecular complexity index is 1060. The fourth-order valence-corrected chi connectivity index (χ4v) is 4.38. The quantitative estimate of drug-likeness (QED) is 0.502. The van der Waals surface area contributed by atoms with Gasteiger partial charge in [0.1, 0.15) is 16.7 Å². The molecule has 3 heterocycles. The van der Waals surface area contributed by atoms with Gasteiger partial charge in [0.2, 0.25) is 0 Å². The zero-order valence-corrected chi connectivity index (χ0v) is 19.0. The number of pyridine rings is 1. The number of halogens is 1. The minimum Gasteiger partial charge on any atom is -0.497 e. The van der Waals surface area contributed by atoms with Crippen LogP contribution >= 0.6 is 22.9 Å². The van der Waals surface area contributed by atoms with Crippen LogP contribution in [0.1, 0.15) is 39.2 Å². The average molecular weight is 446 g/mol. The summed E-state index contributed by atoms with van der Waals surface area (Å²) >= 11 is 8.00. The van der Waals surface area contributed by atoms with E-state index in [1.807, 2.05) is 32.9 Å². The molecule has 3 aromatic rings. The number of rotatable bonds is 8. The Morgan fingerprint density at radius 1 is 1.23 bits per heavy atom. The SMILES string of the molecule is COc1ccnc(C2CC2COc2nc(Cl)c(C)c(NCc3sc(C)nc3C)n2)c1. The third-order valence-corrected chi connectivity index (χ3v) is 6.64. The second-order valence-corrected chi connectivity index (χ2v) is 9.05. The Hall–Kier alpha value is -2.45. The van der Waals surface area contributed by atoms with Crippen molar-refractivity contribution in [1.29, 1.82) is 0 Å². The van der Waals surface area contributed by atoms with Crippen molar-refractivity contribution < 1.29 is 9.47 Å². The fourth-order valence-electron chi connectivity index (χ4n) is 3.34. The zero-order chi connectivity index (χ0) is 21.3. The Morgan fingerprint density at radius 3 is 2.80 bits per heavy atom. The van der Waals surface area contributed by atoms with Gasteiger partial charge in [0, 0.05) is 40.2 Å². The van der Waals surface area contributed by atoms with Crippen LogP contribution in [0.3, 0.4) is 0 Å². The summed E-state index contributed by atoms with van der Waals surface area (Å²) in [4.78, 5) is 18.9. The van der Waals surface area contributed by atoms with Crippen molar-refractivity contribution in [3.8, 4) is 11.8 Å². The van der Waals surface area contributed by atoms with E-state index in [9.17, 15) is 0 Å². The molecule has 1 aliphatic carbocycles. The van der Waals surface area contributed by atoms with Crippen molar-refractivity contribution in [2.75, 3.05) is 19.0 Å². The highest BCUT2D eigenvalue weighted by Gasteiger charge is 2.40. The molecule has 1 fully saturated rings. The number of methoxy groups -OCH3 is 1. The highest BCUT2D eigenvalue weighted by atomic mass is 35.5. The highest BCUT2D eigenvalue weighted by molar-refractivity contribution is 7.11. The van der Waals surface area contributed by atoms with Gasteiger partial charge in [0.15, 0.2) is 0 Å². The van der Waals surface area contributed by atoms with Gasteiger partial charge in [-0.2, -0.15) is 9.97 Å². The minimum absolute atomic E-state index is 0.287. The number of anilines is 1. The average Bonchev–Trinajstić information content (AvgIpc) is 3.44. The number of hydrogen-bond acceptors (Lipinski definition) is 8. The molecule has 0 bridgehead atoms. The van der Waals surface area contributed by atoms with E-state index in [1.165, 1.54) is 4.88 Å². The summed E-state index contributed by atoms with van der Waals surface area (Å²) in [5.41, 5.74) is 2.86. The maximum Gasteiger partial charge on any atom is 0.319 e. The van der Waals surface area contributed by atoms with Gasteiger partial charge in [-0.15, -0.1) is 11.3 Å². The van der Waals surface area contributed by atoms with Gasteiger partial charge in [-0.3, -0.25) is 4.98 Å². The number of ether oxygens (including phenoxy) is 2. The predicted molar refractivity (Wildman–Crippen MR) is 118 cm³/mol. The summed E-state index contributed by atoms with van der Waals surface area (Å²) in [6.07, 6.45) is 2.80. The summed E-state index contributed by atoms with van der Waals surface area (Å²) in [6.45, 7) is 7.07. The first-order chi connectivity index (χ1) is 14.4. The second kappa shape index (κ2) is 8.73. The highest BCUT2D eigenvalue weighted by Crippen LogP contribution is 2.47. The number of aromatic nitrogens is 4. The Kier molecular flexibility index (Phi) is 6.06. The van der Waals surface area contributed by atoms with Crippen LogP contribution in [0.5, 0.6) is 11.8 Å². The third-order valence-electron chi connectivity index (χ3n) is 5.20. The maximum atomic E-state index is 6.32. The third kappa shape index (κ3) is 4.65. The molecule has 0 radical (unpaired) electrons. The molecule has 158 valence electrons. The van der Waals surface area contributed by atoms with Gasteiger partial charge in [0.25, 0.3) is 0 Å². The molecule has 30 heavy (non-hydrogen) atoms. The van der Waals surface area contributed by atoms with E-state index in [4.69, 9.17) is 21.1 Å². The van der Waals surface area contributed by atoms with Crippen LogP contribution in [0.15, 0.2) is 18.3 Å². The normalized spacial score (nSPS) is 17.6. The lowest BCUT2D eigenvalue weighted by atomic mass is 10.2. The van der Waals surface area contributed by atoms with Crippen molar-refractivity contribution in [2.45, 2.75) is 39.7 Å². The van der Waals surface area contributed by atoms with Crippen molar-refractivity contribution in [3.05, 3.63) is 50.3 Å². The molecule has 0 aromatic carbocycles. The molecular formula is C21H24ClN5O2S. The largest absolute Gasteiger partial charge is 0.497 e. The van der Waals surface area contributed by atoms with Crippen molar-refractivity contribution >= 4 is 28.8 Å². The summed E-state index contributed by atoms with van der Waals surface area (Å²) in [6, 6.07) is 4.12. The first-order valence-corrected chi connectivity index (χ1v) is 11.0. The molecule has 7 nitrogen and oxygen atoms in total. The van der Waals surface area contributed by atoms with E-state index in [2.05, 4.69) is 25.3 Å². The van der Waals surface area contributed by atoms with E-state index in [0.717, 1.165) is 34.1 Å². The molecule has 0 amide bonds. The summed E-state index contributed by atoms with van der Waals surface area (Å²) in [7, 11) is 1.66. The van der Waals surface area contributed by atoms with Crippen LogP contribution in [0.4, 0.5) is 5.82 Å². The lowest BCUT2D eigenvalue weighted by Gasteiger charge is -2.11. The number of nitrogens with zero attached hydrogens (tertiary/aromatic N) is 4. The summed E-state index contributed by atoms with van der Waals surface area (Å²) in [5, 5.41) is 4.79. The van der Waals surface area contributed by atoms with Crippen molar-refractivity contribution in [2.24, 2.45) is 5.92 Å². The number of hydrogen-bond donors (Lipinski definition) is 1. The van der Waals surface area contributed by atoms with Crippen LogP contribution in [0.2, 0.25) is 5.15 Å². The first kappa shape index (κ1) is 20.8. The molecule has 2 unspecified atom stereocenters. The lowest BCUT2D eigenvalue weighted by molar-refractivity contribution is 0.274. The molecule has 1 aliphatic rings. The van der Waals surface area contributed by atoms with Crippen LogP contribution in [0, 0.1) is 26.7 Å². The van der Waals surface area contributed by atoms with Crippen LogP contribution < -0.4 is 14.8 Å². The molecule has 2 atom stereocenters. The van der Waals surface area contributed by atoms with Gasteiger partial charge in [-0.05, 0) is 33.3 Å². The van der Waals surface area contributed by atoms with Gasteiger partial charge in [-0.1, -0.05) is 11.6 Å². The number of nitrogens with one attached hydrogen (secondary N) is 1. The molecule has 1 N–H and O–H groups in total. The van der Waals surface area contributed by atoms with Gasteiger partial charge < -0.3 is 14.8 Å². The molecule has 1 saturated carbocycles. The van der Waals surface area contributed by atoms with Crippen LogP contribution in [-0.2, 0) is 6.54 Å². The molecule has 9 heteroatoms. The Morgan fingerprint density at radius 2 is 2.07 bits per heavy atom. The topological polar surface area (TPSA) is 82.0 Å². The van der Waals surface area contributed by atoms with Crippen LogP contribution in [-0.4, -0.2) is 33.7 Å². The van der Waals surface area contributed by atoms with E-state index in [0.29, 0.717) is 36.0 Å². The van der Waals surface area contributed by atoms with Crippen molar-refractivity contribution in [1.82, 2.24) is 19.9 Å². The molecule has 0 spiro atoms. The predicted octanol–water partition coefficient (Wildman–Crippen LogP) is 4.71. The van der Waals surface area contributed by atoms with Crippen molar-refractivity contribution in [3.63, 3.8) is 0 Å². The van der Waals surface area contributed by atoms with E-state index in [1.54, 1.807) is 24.6 Å². The van der Waals surface area contributed by atoms with E-state index in [-0.39, 0.29) is 6.01 Å². The fraction of sp³-hybridized carbons (Fsp3) is 0.429. The zero-order valence-electron chi connectivity index (χ0n) is 17.4. The lowest BCUT2D eigenvalue weighted by Crippen LogP contribution is -2.09. The van der Waals surface area contributed by atoms with E-state index < -0.39 is 0 Å². The number of thiazole rings is 1. The van der Waals surface area contributed by atoms with E-state index >= 15 is 0 Å². The summed E-state index contributed by atoms with van der Waals surface area (Å²) < 4.78 is 11.2. The minimum atomic E-state index is 0.287. The molecule has 3 aromatic heterocycles. The molecular weight excluding hydrogens is 422 g/mol. The van der Waals surface area contributed by atoms with Gasteiger partial charge in [-0.25, -0.2) is 4.98 Å². The molecule has 0 aliphatic heterocycles. The first-order valence-electron chi connectivity index (χ1n) is 9.78. The Labute approximate surface area is 184 Å². The standard InChI is InChI=1S/C21H24ClN5O2S/c1-11-19(22)26-21(27-20(11)24-9-18-12(2)25-13(3)30-18)29-10-14-7-16(14)17-8-15(28-4)5-6-23-17/h5-6,8,14,16H,7,9-10H2,1-4H3,(H,24,26,27). The Balaban J connectivity index is 1.38. The van der Waals surface area contributed by atoms with Gasteiger partial charge >= 0.3 is 6.01 Å². The number of aryl methyl sites for hydroxylation is 2. The monoisotopic (exact) mass is 445 g/mol.